The van der Waals surface area contributed by atoms with E-state index in [1.165, 1.54) is 270 Å². The molecule has 0 aromatic heterocycles. The molecule has 0 rings (SSSR count). The first-order valence-corrected chi connectivity index (χ1v) is 31.9. The van der Waals surface area contributed by atoms with Crippen LogP contribution in [0.2, 0.25) is 0 Å². The van der Waals surface area contributed by atoms with E-state index >= 15 is 0 Å². The predicted molar refractivity (Wildman–Crippen MR) is 306 cm³/mol. The van der Waals surface area contributed by atoms with Crippen LogP contribution in [0.25, 0.3) is 0 Å². The lowest BCUT2D eigenvalue weighted by Crippen LogP contribution is -2.45. The van der Waals surface area contributed by atoms with E-state index in [1.807, 2.05) is 0 Å². The first kappa shape index (κ1) is 68.6. The summed E-state index contributed by atoms with van der Waals surface area (Å²) < 4.78 is 5.48. The minimum absolute atomic E-state index is 0.00627. The number of carbonyl (C=O) groups is 2. The van der Waals surface area contributed by atoms with Crippen molar-refractivity contribution < 1.29 is 24.5 Å². The summed E-state index contributed by atoms with van der Waals surface area (Å²) in [6, 6.07) is -0.552. The Balaban J connectivity index is 3.43. The number of allylic oxidation sites excluding steroid dienone is 2. The maximum Gasteiger partial charge on any atom is 0.305 e. The molecule has 0 aliphatic rings. The van der Waals surface area contributed by atoms with Crippen molar-refractivity contribution in [2.24, 2.45) is 0 Å². The third-order valence-corrected chi connectivity index (χ3v) is 15.1. The quantitative estimate of drug-likeness (QED) is 0.0321. The lowest BCUT2D eigenvalue weighted by atomic mass is 10.0. The van der Waals surface area contributed by atoms with Crippen LogP contribution in [0.4, 0.5) is 0 Å². The second-order valence-electron chi connectivity index (χ2n) is 22.1. The minimum Gasteiger partial charge on any atom is -0.466 e. The summed E-state index contributed by atoms with van der Waals surface area (Å²) in [4.78, 5) is 24.6. The van der Waals surface area contributed by atoms with Gasteiger partial charge in [0.1, 0.15) is 0 Å². The lowest BCUT2D eigenvalue weighted by molar-refractivity contribution is -0.143. The van der Waals surface area contributed by atoms with E-state index in [0.29, 0.717) is 25.9 Å². The van der Waals surface area contributed by atoms with E-state index in [4.69, 9.17) is 4.74 Å². The van der Waals surface area contributed by atoms with Crippen LogP contribution in [0.15, 0.2) is 12.2 Å². The van der Waals surface area contributed by atoms with E-state index in [0.717, 1.165) is 57.8 Å². The van der Waals surface area contributed by atoms with Crippen LogP contribution in [-0.4, -0.2) is 47.4 Å². The van der Waals surface area contributed by atoms with Crippen molar-refractivity contribution in [2.75, 3.05) is 13.2 Å². The molecule has 1 amide bonds. The zero-order valence-electron chi connectivity index (χ0n) is 47.5. The second kappa shape index (κ2) is 60.2. The maximum atomic E-state index is 12.5. The highest BCUT2D eigenvalue weighted by molar-refractivity contribution is 5.76. The van der Waals surface area contributed by atoms with Crippen molar-refractivity contribution in [1.29, 1.82) is 0 Å². The van der Waals surface area contributed by atoms with Gasteiger partial charge in [0.2, 0.25) is 5.91 Å². The lowest BCUT2D eigenvalue weighted by Gasteiger charge is -2.22. The molecule has 416 valence electrons. The van der Waals surface area contributed by atoms with Gasteiger partial charge in [0, 0.05) is 12.8 Å². The van der Waals surface area contributed by atoms with Gasteiger partial charge in [0.25, 0.3) is 0 Å². The number of ether oxygens (including phenoxy) is 1. The van der Waals surface area contributed by atoms with Gasteiger partial charge in [-0.1, -0.05) is 309 Å². The molecule has 0 fully saturated rings. The number of carbonyl (C=O) groups excluding carboxylic acids is 2. The van der Waals surface area contributed by atoms with Gasteiger partial charge in [-0.25, -0.2) is 0 Å². The topological polar surface area (TPSA) is 95.9 Å². The number of hydrogen-bond donors (Lipinski definition) is 3. The molecular weight excluding hydrogens is 863 g/mol. The maximum absolute atomic E-state index is 12.5. The molecular formula is C64H125NO5. The van der Waals surface area contributed by atoms with Gasteiger partial charge in [-0.05, 0) is 51.4 Å². The summed E-state index contributed by atoms with van der Waals surface area (Å²) in [6.07, 6.45) is 72.2. The van der Waals surface area contributed by atoms with Crippen LogP contribution in [0, 0.1) is 0 Å². The zero-order chi connectivity index (χ0) is 50.7. The zero-order valence-corrected chi connectivity index (χ0v) is 47.5. The molecule has 6 nitrogen and oxygen atoms in total. The highest BCUT2D eigenvalue weighted by atomic mass is 16.5. The SMILES string of the molecule is CCCCCCCCCCCCCCCCCCCCCCCC(O)C(CO)NC(=O)CCCCCCC/C=C\CCCCCCCCCCCOC(=O)CCCCCCCCCCCCCCCC. The number of unbranched alkanes of at least 4 members (excludes halogenated alkanes) is 47. The van der Waals surface area contributed by atoms with Crippen LogP contribution >= 0.6 is 0 Å². The summed E-state index contributed by atoms with van der Waals surface area (Å²) in [7, 11) is 0. The van der Waals surface area contributed by atoms with Crippen LogP contribution in [0.5, 0.6) is 0 Å². The molecule has 70 heavy (non-hydrogen) atoms. The largest absolute Gasteiger partial charge is 0.466 e. The van der Waals surface area contributed by atoms with E-state index in [-0.39, 0.29) is 18.5 Å². The van der Waals surface area contributed by atoms with Gasteiger partial charge in [0.05, 0.1) is 25.4 Å². The highest BCUT2D eigenvalue weighted by Gasteiger charge is 2.20. The first-order chi connectivity index (χ1) is 34.5. The number of aliphatic hydroxyl groups excluding tert-OH is 2. The summed E-state index contributed by atoms with van der Waals surface area (Å²) in [5.74, 6) is -0.0389. The van der Waals surface area contributed by atoms with E-state index < -0.39 is 12.1 Å². The second-order valence-corrected chi connectivity index (χ2v) is 22.1. The molecule has 0 spiro atoms. The Labute approximate surface area is 438 Å². The van der Waals surface area contributed by atoms with E-state index in [2.05, 4.69) is 31.3 Å². The molecule has 0 heterocycles. The molecule has 2 unspecified atom stereocenters. The Bertz CT molecular complexity index is 1050. The number of nitrogens with one attached hydrogen (secondary N) is 1. The molecule has 0 saturated heterocycles. The van der Waals surface area contributed by atoms with Crippen LogP contribution < -0.4 is 5.32 Å². The van der Waals surface area contributed by atoms with E-state index in [1.54, 1.807) is 0 Å². The fourth-order valence-corrected chi connectivity index (χ4v) is 10.2. The van der Waals surface area contributed by atoms with Gasteiger partial charge in [-0.2, -0.15) is 0 Å². The van der Waals surface area contributed by atoms with Crippen LogP contribution in [0.3, 0.4) is 0 Å². The molecule has 0 aliphatic carbocycles. The van der Waals surface area contributed by atoms with Crippen LogP contribution in [0.1, 0.15) is 361 Å². The van der Waals surface area contributed by atoms with Crippen molar-refractivity contribution in [2.45, 2.75) is 373 Å². The number of amides is 1. The van der Waals surface area contributed by atoms with Crippen molar-refractivity contribution in [1.82, 2.24) is 5.32 Å². The summed E-state index contributed by atoms with van der Waals surface area (Å²) in [6.45, 7) is 4.97. The fourth-order valence-electron chi connectivity index (χ4n) is 10.2. The Morgan fingerprint density at radius 3 is 1.01 bits per heavy atom. The standard InChI is InChI=1S/C64H125NO5/c1-3-5-7-9-11-13-15-17-19-20-21-22-23-26-29-32-36-40-44-48-52-56-62(67)61(60-66)65-63(68)57-53-49-45-41-37-33-30-27-24-25-28-31-35-39-43-47-51-55-59-70-64(69)58-54-50-46-42-38-34-18-16-14-12-10-8-6-4-2/h27,30,61-62,66-67H,3-26,28-29,31-60H2,1-2H3,(H,65,68)/b30-27-. The van der Waals surface area contributed by atoms with Gasteiger partial charge in [-0.3, -0.25) is 9.59 Å². The molecule has 0 aliphatic heterocycles. The van der Waals surface area contributed by atoms with Crippen LogP contribution in [-0.2, 0) is 14.3 Å². The number of aliphatic hydroxyl groups is 2. The Morgan fingerprint density at radius 1 is 0.386 bits per heavy atom. The molecule has 0 bridgehead atoms. The average molecular weight is 989 g/mol. The normalized spacial score (nSPS) is 12.6. The Morgan fingerprint density at radius 2 is 0.671 bits per heavy atom. The molecule has 0 aromatic carbocycles. The van der Waals surface area contributed by atoms with Crippen molar-refractivity contribution in [3.05, 3.63) is 12.2 Å². The molecule has 0 saturated carbocycles. The van der Waals surface area contributed by atoms with Gasteiger partial charge >= 0.3 is 5.97 Å². The number of hydrogen-bond acceptors (Lipinski definition) is 5. The van der Waals surface area contributed by atoms with Crippen molar-refractivity contribution in [3.8, 4) is 0 Å². The third-order valence-electron chi connectivity index (χ3n) is 15.1. The van der Waals surface area contributed by atoms with Gasteiger partial charge < -0.3 is 20.3 Å². The monoisotopic (exact) mass is 988 g/mol. The average Bonchev–Trinajstić information content (AvgIpc) is 3.36. The predicted octanol–water partition coefficient (Wildman–Crippen LogP) is 20.0. The first-order valence-electron chi connectivity index (χ1n) is 31.9. The number of rotatable bonds is 60. The Kier molecular flexibility index (Phi) is 59.0. The van der Waals surface area contributed by atoms with Gasteiger partial charge in [-0.15, -0.1) is 0 Å². The molecule has 2 atom stereocenters. The highest BCUT2D eigenvalue weighted by Crippen LogP contribution is 2.18. The summed E-state index contributed by atoms with van der Waals surface area (Å²) >= 11 is 0. The van der Waals surface area contributed by atoms with Crippen molar-refractivity contribution in [3.63, 3.8) is 0 Å². The van der Waals surface area contributed by atoms with Crippen molar-refractivity contribution >= 4 is 11.9 Å². The molecule has 0 aromatic rings. The molecule has 6 heteroatoms. The minimum atomic E-state index is -0.673. The Hall–Kier alpha value is -1.40. The number of esters is 1. The summed E-state index contributed by atoms with van der Waals surface area (Å²) in [5, 5.41) is 23.4. The van der Waals surface area contributed by atoms with E-state index in [9.17, 15) is 19.8 Å². The summed E-state index contributed by atoms with van der Waals surface area (Å²) in [5.41, 5.74) is 0. The molecule has 3 N–H and O–H groups in total. The van der Waals surface area contributed by atoms with Gasteiger partial charge in [0.15, 0.2) is 0 Å². The third kappa shape index (κ3) is 55.9. The molecule has 0 radical (unpaired) electrons. The fraction of sp³-hybridized carbons (Fsp3) is 0.938. The smallest absolute Gasteiger partial charge is 0.305 e.